The molecule has 4 heterocycles. The number of fused-ring (bicyclic) bond motifs is 7. The van der Waals surface area contributed by atoms with Crippen LogP contribution >= 0.6 is 11.3 Å². The molecule has 43 heavy (non-hydrogen) atoms. The van der Waals surface area contributed by atoms with Crippen LogP contribution in [0, 0.1) is 0 Å². The topological polar surface area (TPSA) is 162 Å². The van der Waals surface area contributed by atoms with Crippen molar-refractivity contribution in [3.63, 3.8) is 0 Å². The maximum absolute atomic E-state index is 13.4. The van der Waals surface area contributed by atoms with E-state index in [1.807, 2.05) is 0 Å². The third-order valence-electron chi connectivity index (χ3n) is 6.88. The van der Waals surface area contributed by atoms with Crippen molar-refractivity contribution in [1.82, 2.24) is 20.3 Å². The Balaban J connectivity index is 1.41. The normalized spacial score (nSPS) is 18.9. The molecule has 4 bridgehead atoms. The second-order valence-corrected chi connectivity index (χ2v) is 12.7. The minimum atomic E-state index is -3.84. The highest BCUT2D eigenvalue weighted by Gasteiger charge is 2.38. The number of hydrogen-bond donors (Lipinski definition) is 3. The number of nitrogens with one attached hydrogen (secondary N) is 3. The molecule has 228 valence electrons. The highest BCUT2D eigenvalue weighted by atomic mass is 32.2. The lowest BCUT2D eigenvalue weighted by atomic mass is 10.1. The fraction of sp³-hybridized carbons (Fsp3) is 0.321. The number of carbonyl (C=O) groups is 3. The summed E-state index contributed by atoms with van der Waals surface area (Å²) in [7, 11) is -0.910. The Morgan fingerprint density at radius 3 is 2.67 bits per heavy atom. The molecule has 0 unspecified atom stereocenters. The van der Waals surface area contributed by atoms with Crippen LogP contribution in [0.1, 0.15) is 15.9 Å². The molecule has 3 N–H and O–H groups in total. The van der Waals surface area contributed by atoms with Crippen molar-refractivity contribution >= 4 is 39.1 Å². The van der Waals surface area contributed by atoms with E-state index < -0.39 is 40.5 Å². The first-order chi connectivity index (χ1) is 20.6. The van der Waals surface area contributed by atoms with Gasteiger partial charge in [-0.2, -0.15) is 0 Å². The van der Waals surface area contributed by atoms with Gasteiger partial charge in [0, 0.05) is 36.3 Å². The van der Waals surface area contributed by atoms with Crippen LogP contribution in [0.2, 0.25) is 0 Å². The lowest BCUT2D eigenvalue weighted by Gasteiger charge is -2.22. The first-order valence-electron chi connectivity index (χ1n) is 13.2. The number of rotatable bonds is 6. The summed E-state index contributed by atoms with van der Waals surface area (Å²) >= 11 is 1.04. The van der Waals surface area contributed by atoms with Crippen molar-refractivity contribution < 1.29 is 41.7 Å². The molecular weight excluding hydrogens is 600 g/mol. The zero-order valence-corrected chi connectivity index (χ0v) is 25.0. The molecule has 0 spiro atoms. The highest BCUT2D eigenvalue weighted by Crippen LogP contribution is 2.28. The number of benzene rings is 2. The number of likely N-dealkylation sites (tertiary alicyclic amines) is 1. The predicted octanol–water partition coefficient (Wildman–Crippen LogP) is 1.14. The Kier molecular flexibility index (Phi) is 9.03. The van der Waals surface area contributed by atoms with Gasteiger partial charge >= 0.3 is 0 Å². The second kappa shape index (κ2) is 12.9. The molecule has 3 aliphatic rings. The Labute approximate surface area is 252 Å². The van der Waals surface area contributed by atoms with Gasteiger partial charge in [0.15, 0.2) is 6.61 Å². The van der Waals surface area contributed by atoms with Crippen LogP contribution in [0.5, 0.6) is 23.0 Å². The molecule has 0 radical (unpaired) electrons. The maximum atomic E-state index is 13.4. The van der Waals surface area contributed by atoms with Crippen LogP contribution in [0.3, 0.4) is 0 Å². The lowest BCUT2D eigenvalue weighted by molar-refractivity contribution is -0.129. The van der Waals surface area contributed by atoms with Gasteiger partial charge in [-0.1, -0.05) is 6.07 Å². The monoisotopic (exact) mass is 630 g/mol. The molecular formula is C28H30N4O9S2. The van der Waals surface area contributed by atoms with E-state index in [-0.39, 0.29) is 47.7 Å². The van der Waals surface area contributed by atoms with Crippen molar-refractivity contribution in [2.75, 3.05) is 40.5 Å². The van der Waals surface area contributed by atoms with Gasteiger partial charge < -0.3 is 34.5 Å². The minimum absolute atomic E-state index is 0.0664. The van der Waals surface area contributed by atoms with Gasteiger partial charge in [0.05, 0.1) is 33.4 Å². The Hall–Kier alpha value is -4.34. The van der Waals surface area contributed by atoms with Gasteiger partial charge in [-0.25, -0.2) is 13.1 Å². The van der Waals surface area contributed by atoms with Crippen molar-refractivity contribution in [2.24, 2.45) is 0 Å². The molecule has 3 aromatic rings. The molecule has 1 fully saturated rings. The maximum Gasteiger partial charge on any atom is 0.258 e. The number of methoxy groups -OCH3 is 2. The van der Waals surface area contributed by atoms with Crippen LogP contribution in [-0.2, 0) is 26.2 Å². The first kappa shape index (κ1) is 30.1. The number of amides is 3. The van der Waals surface area contributed by atoms with E-state index in [1.165, 1.54) is 37.3 Å². The zero-order chi connectivity index (χ0) is 30.6. The molecule has 13 nitrogen and oxygen atoms in total. The summed E-state index contributed by atoms with van der Waals surface area (Å²) in [4.78, 5) is 40.4. The molecule has 2 atom stereocenters. The average Bonchev–Trinajstić information content (AvgIpc) is 3.69. The molecule has 1 saturated heterocycles. The number of ether oxygens (including phenoxy) is 4. The first-order valence-corrected chi connectivity index (χ1v) is 15.6. The molecule has 2 aromatic carbocycles. The van der Waals surface area contributed by atoms with Crippen LogP contribution in [0.25, 0.3) is 0 Å². The minimum Gasteiger partial charge on any atom is -0.497 e. The van der Waals surface area contributed by atoms with Crippen LogP contribution < -0.4 is 34.3 Å². The largest absolute Gasteiger partial charge is 0.497 e. The Morgan fingerprint density at radius 2 is 1.93 bits per heavy atom. The van der Waals surface area contributed by atoms with Gasteiger partial charge in [0.2, 0.25) is 5.91 Å². The number of hydrogen-bond acceptors (Lipinski definition) is 10. The van der Waals surface area contributed by atoms with E-state index in [2.05, 4.69) is 15.4 Å². The molecule has 6 rings (SSSR count). The molecule has 1 aromatic heterocycles. The van der Waals surface area contributed by atoms with Gasteiger partial charge in [-0.3, -0.25) is 14.4 Å². The van der Waals surface area contributed by atoms with Gasteiger partial charge in [0.1, 0.15) is 33.3 Å². The second-order valence-electron chi connectivity index (χ2n) is 9.73. The number of thiophene rings is 1. The lowest BCUT2D eigenvalue weighted by Crippen LogP contribution is -2.45. The predicted molar refractivity (Wildman–Crippen MR) is 155 cm³/mol. The fourth-order valence-corrected chi connectivity index (χ4v) is 6.67. The van der Waals surface area contributed by atoms with Gasteiger partial charge in [-0.05, 0) is 35.7 Å². The summed E-state index contributed by atoms with van der Waals surface area (Å²) in [6.07, 6.45) is -0.686. The van der Waals surface area contributed by atoms with Crippen LogP contribution in [-0.4, -0.2) is 83.6 Å². The van der Waals surface area contributed by atoms with E-state index in [0.29, 0.717) is 22.8 Å². The van der Waals surface area contributed by atoms with Gasteiger partial charge in [0.25, 0.3) is 21.8 Å². The third-order valence-corrected chi connectivity index (χ3v) is 9.68. The summed E-state index contributed by atoms with van der Waals surface area (Å²) in [6.45, 7) is -0.438. The van der Waals surface area contributed by atoms with E-state index in [9.17, 15) is 22.8 Å². The van der Waals surface area contributed by atoms with Crippen molar-refractivity contribution in [3.8, 4) is 23.0 Å². The summed E-state index contributed by atoms with van der Waals surface area (Å²) in [6, 6.07) is 12.1. The molecule has 0 aliphatic carbocycles. The summed E-state index contributed by atoms with van der Waals surface area (Å²) < 4.78 is 50.2. The number of nitrogens with zero attached hydrogens (tertiary/aromatic N) is 1. The summed E-state index contributed by atoms with van der Waals surface area (Å²) in [5, 5.41) is 7.33. The number of sulfonamides is 1. The summed E-state index contributed by atoms with van der Waals surface area (Å²) in [5.41, 5.74) is 0.902. The van der Waals surface area contributed by atoms with Crippen LogP contribution in [0.15, 0.2) is 58.1 Å². The van der Waals surface area contributed by atoms with Crippen molar-refractivity contribution in [2.45, 2.75) is 22.9 Å². The van der Waals surface area contributed by atoms with E-state index in [0.717, 1.165) is 11.3 Å². The van der Waals surface area contributed by atoms with Gasteiger partial charge in [-0.15, -0.1) is 11.3 Å². The standard InChI is InChI=1S/C28H30N4O9S2/c1-38-20-8-18-9-21(10-20)40-16-25(33)29-12-17-5-6-19(11-23(17)39-2)41-24-15-32(14-22(24)31-28(18)35)26(34)13-30-43(36,37)27-4-3-7-42-27/h3-11,22,24,30H,12-16H2,1-2H3,(H,29,33)(H,31,35)/t22-,24-/m0/s1. The van der Waals surface area contributed by atoms with E-state index >= 15 is 0 Å². The highest BCUT2D eigenvalue weighted by molar-refractivity contribution is 7.91. The fourth-order valence-electron chi connectivity index (χ4n) is 4.66. The average molecular weight is 631 g/mol. The quantitative estimate of drug-likeness (QED) is 0.363. The SMILES string of the molecule is COc1cc2cc(c1)C(=O)N[C@H]1CN(C(=O)CNS(=O)(=O)c3cccs3)C[C@@H]1Oc1ccc(c(OC)c1)CNC(=O)CO2. The van der Waals surface area contributed by atoms with Crippen LogP contribution in [0.4, 0.5) is 0 Å². The third kappa shape index (κ3) is 7.18. The molecule has 3 amide bonds. The smallest absolute Gasteiger partial charge is 0.258 e. The molecule has 15 heteroatoms. The van der Waals surface area contributed by atoms with Crippen molar-refractivity contribution in [3.05, 3.63) is 65.0 Å². The Morgan fingerprint density at radius 1 is 1.09 bits per heavy atom. The summed E-state index contributed by atoms with van der Waals surface area (Å²) in [5.74, 6) is 0.133. The number of carbonyl (C=O) groups excluding carboxylic acids is 3. The molecule has 3 aliphatic heterocycles. The Bertz CT molecular complexity index is 1610. The zero-order valence-electron chi connectivity index (χ0n) is 23.3. The van der Waals surface area contributed by atoms with E-state index in [4.69, 9.17) is 18.9 Å². The van der Waals surface area contributed by atoms with Crippen molar-refractivity contribution in [1.29, 1.82) is 0 Å². The molecule has 0 saturated carbocycles. The van der Waals surface area contributed by atoms with E-state index in [1.54, 1.807) is 35.7 Å².